The molecule has 0 aliphatic carbocycles. The number of alkyl halides is 1. The van der Waals surface area contributed by atoms with Crippen LogP contribution in [0.25, 0.3) is 0 Å². The number of ether oxygens (including phenoxy) is 6. The quantitative estimate of drug-likeness (QED) is 0.127. The Morgan fingerprint density at radius 2 is 0.967 bits per heavy atom. The van der Waals surface area contributed by atoms with E-state index in [1.54, 1.807) is 12.1 Å². The Bertz CT molecular complexity index is 1780. The fourth-order valence-electron chi connectivity index (χ4n) is 6.37. The summed E-state index contributed by atoms with van der Waals surface area (Å²) in [4.78, 5) is 99.2. The van der Waals surface area contributed by atoms with E-state index in [9.17, 15) is 42.7 Å². The molecule has 2 unspecified atom stereocenters. The number of amides is 8. The molecule has 19 nitrogen and oxygen atoms in total. The van der Waals surface area contributed by atoms with Gasteiger partial charge < -0.3 is 33.5 Å². The smallest absolute Gasteiger partial charge is 0.262 e. The second-order valence-electron chi connectivity index (χ2n) is 13.2. The first kappa shape index (κ1) is 48.0. The lowest BCUT2D eigenvalue weighted by Gasteiger charge is -2.27. The summed E-state index contributed by atoms with van der Waals surface area (Å²) in [5.41, 5.74) is 0.766. The monoisotopic (exact) mass is 861 g/mol. The van der Waals surface area contributed by atoms with Crippen LogP contribution in [0.4, 0.5) is 4.39 Å². The number of nitrogens with one attached hydrogen (secondary N) is 2. The number of imide groups is 4. The lowest BCUT2D eigenvalue weighted by Crippen LogP contribution is -2.54. The van der Waals surface area contributed by atoms with Crippen LogP contribution in [0.3, 0.4) is 0 Å². The van der Waals surface area contributed by atoms with Gasteiger partial charge in [0.1, 0.15) is 36.8 Å². The van der Waals surface area contributed by atoms with Crippen LogP contribution in [0.15, 0.2) is 36.4 Å². The van der Waals surface area contributed by atoms with E-state index < -0.39 is 66.5 Å². The van der Waals surface area contributed by atoms with Crippen molar-refractivity contribution in [1.82, 2.24) is 20.4 Å². The molecule has 0 radical (unpaired) electrons. The maximum Gasteiger partial charge on any atom is 0.262 e. The number of hydrogen-bond acceptors (Lipinski definition) is 15. The molecule has 334 valence electrons. The zero-order valence-corrected chi connectivity index (χ0v) is 33.1. The summed E-state index contributed by atoms with van der Waals surface area (Å²) < 4.78 is 47.7. The number of piperidine rings is 2. The third-order valence-electron chi connectivity index (χ3n) is 9.14. The predicted octanol–water partition coefficient (Wildman–Crippen LogP) is 1.62. The third kappa shape index (κ3) is 13.2. The van der Waals surface area contributed by atoms with Crippen molar-refractivity contribution in [2.75, 3.05) is 79.8 Å². The second-order valence-corrected chi connectivity index (χ2v) is 13.2. The molecule has 3 N–H and O–H groups in total. The van der Waals surface area contributed by atoms with E-state index >= 15 is 0 Å². The molecule has 4 aliphatic rings. The molecule has 2 atom stereocenters. The van der Waals surface area contributed by atoms with Crippen molar-refractivity contribution < 1.29 is 77.6 Å². The molecule has 4 heterocycles. The molecule has 0 bridgehead atoms. The number of rotatable bonds is 20. The SMILES string of the molecule is C.CCCOCCOCCOc1ccc2c(c1)C(=O)N(C1CCC(=O)NC1=O)C2=O.O=C1CCC(N2C(=O)c3ccc(OCCOCCOCCO)cc3C2=O)C(=O)N1.[2H]CF. The van der Waals surface area contributed by atoms with E-state index in [-0.39, 0.29) is 81.8 Å². The first-order valence-corrected chi connectivity index (χ1v) is 19.2. The van der Waals surface area contributed by atoms with Crippen LogP contribution in [-0.2, 0) is 38.1 Å². The van der Waals surface area contributed by atoms with Crippen LogP contribution in [0.2, 0.25) is 0 Å². The van der Waals surface area contributed by atoms with Crippen LogP contribution < -0.4 is 20.1 Å². The average Bonchev–Trinajstić information content (AvgIpc) is 3.63. The fraction of sp³-hybridized carbons (Fsp3) is 0.512. The lowest BCUT2D eigenvalue weighted by atomic mass is 10.0. The molecule has 2 saturated heterocycles. The molecule has 61 heavy (non-hydrogen) atoms. The Hall–Kier alpha value is -5.67. The number of aliphatic hydroxyl groups excluding tert-OH is 1. The molecule has 0 saturated carbocycles. The van der Waals surface area contributed by atoms with Gasteiger partial charge in [0.2, 0.25) is 23.6 Å². The van der Waals surface area contributed by atoms with E-state index in [1.165, 1.54) is 24.3 Å². The van der Waals surface area contributed by atoms with Gasteiger partial charge in [0.25, 0.3) is 23.6 Å². The number of benzene rings is 2. The highest BCUT2D eigenvalue weighted by Gasteiger charge is 2.46. The number of hydrogen-bond donors (Lipinski definition) is 3. The lowest BCUT2D eigenvalue weighted by molar-refractivity contribution is -0.137. The summed E-state index contributed by atoms with van der Waals surface area (Å²) in [6.45, 7) is 5.88. The third-order valence-corrected chi connectivity index (χ3v) is 9.14. The van der Waals surface area contributed by atoms with E-state index in [0.29, 0.717) is 57.7 Å². The molecule has 6 rings (SSSR count). The van der Waals surface area contributed by atoms with Gasteiger partial charge in [-0.15, -0.1) is 0 Å². The number of carbonyl (C=O) groups excluding carboxylic acids is 8. The summed E-state index contributed by atoms with van der Waals surface area (Å²) in [7, 11) is -1.00. The van der Waals surface area contributed by atoms with Gasteiger partial charge in [0, 0.05) is 19.4 Å². The molecular formula is C41H53FN4O15. The minimum atomic E-state index is -1.00. The topological polar surface area (TPSA) is 243 Å². The highest BCUT2D eigenvalue weighted by atomic mass is 19.1. The van der Waals surface area contributed by atoms with Gasteiger partial charge in [0.15, 0.2) is 0 Å². The van der Waals surface area contributed by atoms with Crippen LogP contribution in [-0.4, -0.2) is 154 Å². The number of aliphatic hydroxyl groups is 1. The normalized spacial score (nSPS) is 18.2. The highest BCUT2D eigenvalue weighted by molar-refractivity contribution is 6.24. The fourth-order valence-corrected chi connectivity index (χ4v) is 6.37. The van der Waals surface area contributed by atoms with Crippen molar-refractivity contribution in [3.8, 4) is 11.5 Å². The molecule has 20 heteroatoms. The maximum atomic E-state index is 12.7. The second kappa shape index (κ2) is 25.2. The molecule has 8 amide bonds. The summed E-state index contributed by atoms with van der Waals surface area (Å²) >= 11 is 0. The molecule has 2 fully saturated rings. The Morgan fingerprint density at radius 3 is 1.34 bits per heavy atom. The van der Waals surface area contributed by atoms with Crippen molar-refractivity contribution in [2.24, 2.45) is 0 Å². The maximum absolute atomic E-state index is 12.7. The number of halogens is 1. The zero-order valence-electron chi connectivity index (χ0n) is 34.1. The van der Waals surface area contributed by atoms with Gasteiger partial charge in [-0.3, -0.25) is 63.2 Å². The van der Waals surface area contributed by atoms with Gasteiger partial charge in [-0.05, 0) is 55.7 Å². The molecule has 0 spiro atoms. The summed E-state index contributed by atoms with van der Waals surface area (Å²) in [6.07, 6.45) is 1.35. The van der Waals surface area contributed by atoms with Crippen molar-refractivity contribution in [2.45, 2.75) is 58.5 Å². The van der Waals surface area contributed by atoms with Gasteiger partial charge in [-0.25, -0.2) is 0 Å². The highest BCUT2D eigenvalue weighted by Crippen LogP contribution is 2.31. The predicted molar refractivity (Wildman–Crippen MR) is 212 cm³/mol. The minimum absolute atomic E-state index is 0. The van der Waals surface area contributed by atoms with Crippen LogP contribution >= 0.6 is 0 Å². The van der Waals surface area contributed by atoms with Crippen molar-refractivity contribution in [3.63, 3.8) is 0 Å². The zero-order chi connectivity index (χ0) is 44.3. The Kier molecular flexibility index (Phi) is 19.8. The largest absolute Gasteiger partial charge is 0.491 e. The van der Waals surface area contributed by atoms with E-state index in [0.717, 1.165) is 16.2 Å². The Labute approximate surface area is 353 Å². The van der Waals surface area contributed by atoms with Gasteiger partial charge in [0.05, 0.1) is 83.6 Å². The average molecular weight is 862 g/mol. The summed E-state index contributed by atoms with van der Waals surface area (Å²) in [5, 5.41) is 12.9. The van der Waals surface area contributed by atoms with E-state index in [1.807, 2.05) is 6.92 Å². The Balaban J connectivity index is 0.000000306. The first-order valence-electron chi connectivity index (χ1n) is 19.9. The minimum Gasteiger partial charge on any atom is -0.491 e. The molecule has 4 aliphatic heterocycles. The molecule has 2 aromatic rings. The van der Waals surface area contributed by atoms with Crippen molar-refractivity contribution in [1.29, 1.82) is 0 Å². The molecular weight excluding hydrogens is 807 g/mol. The van der Waals surface area contributed by atoms with Crippen molar-refractivity contribution >= 4 is 47.3 Å². The van der Waals surface area contributed by atoms with E-state index in [4.69, 9.17) is 34.9 Å². The van der Waals surface area contributed by atoms with Crippen molar-refractivity contribution in [3.05, 3.63) is 58.7 Å². The standard InChI is InChI=1S/C20H24N2O7.C19H22N2O8.CH3F.CH4/c1-2-7-27-8-9-28-10-11-29-13-3-4-14-15(12-13)20(26)22(19(14)25)16-5-6-17(23)21-18(16)24;22-5-6-27-7-8-28-9-10-29-12-1-2-13-14(11-12)19(26)21(18(13)25)15-3-4-16(23)20-17(15)24;1-2;/h3-4,12,16H,2,5-11H2,1H3,(H,21,23,24);1-2,11,15,22H,3-10H2,(H,20,23,24);1H3;1H4/i;;1D;. The summed E-state index contributed by atoms with van der Waals surface area (Å²) in [6, 6.07) is 7.15. The number of fused-ring (bicyclic) bond motifs is 2. The van der Waals surface area contributed by atoms with Gasteiger partial charge in [-0.2, -0.15) is 0 Å². The Morgan fingerprint density at radius 1 is 0.607 bits per heavy atom. The van der Waals surface area contributed by atoms with Crippen LogP contribution in [0.1, 0.15) is 89.3 Å². The van der Waals surface area contributed by atoms with Crippen LogP contribution in [0.5, 0.6) is 11.5 Å². The first-order chi connectivity index (χ1) is 29.5. The number of nitrogens with zero attached hydrogens (tertiary/aromatic N) is 2. The molecule has 0 aromatic heterocycles. The van der Waals surface area contributed by atoms with E-state index in [2.05, 4.69) is 10.6 Å². The van der Waals surface area contributed by atoms with Gasteiger partial charge >= 0.3 is 0 Å². The van der Waals surface area contributed by atoms with Gasteiger partial charge in [-0.1, -0.05) is 14.4 Å². The number of carbonyl (C=O) groups is 8. The van der Waals surface area contributed by atoms with Crippen LogP contribution in [0, 0.1) is 0 Å². The summed E-state index contributed by atoms with van der Waals surface area (Å²) in [5.74, 6) is -3.51. The molecule has 2 aromatic carbocycles.